The highest BCUT2D eigenvalue weighted by Gasteiger charge is 2.18. The van der Waals surface area contributed by atoms with Crippen LogP contribution in [-0.2, 0) is 4.79 Å². The first-order valence-corrected chi connectivity index (χ1v) is 7.07. The van der Waals surface area contributed by atoms with Crippen LogP contribution in [0.25, 0.3) is 0 Å². The summed E-state index contributed by atoms with van der Waals surface area (Å²) in [5.74, 6) is 1.04. The van der Waals surface area contributed by atoms with Crippen LogP contribution in [0.1, 0.15) is 10.9 Å². The van der Waals surface area contributed by atoms with Gasteiger partial charge in [-0.25, -0.2) is 0 Å². The van der Waals surface area contributed by atoms with Gasteiger partial charge in [0.15, 0.2) is 11.5 Å². The van der Waals surface area contributed by atoms with Crippen LogP contribution >= 0.6 is 11.6 Å². The van der Waals surface area contributed by atoms with Gasteiger partial charge < -0.3 is 14.8 Å². The van der Waals surface area contributed by atoms with Gasteiger partial charge in [0.1, 0.15) is 18.6 Å². The Morgan fingerprint density at radius 2 is 1.76 bits per heavy atom. The van der Waals surface area contributed by atoms with E-state index in [9.17, 15) is 4.79 Å². The summed E-state index contributed by atoms with van der Waals surface area (Å²) in [6.45, 7) is 1.04. The van der Waals surface area contributed by atoms with Gasteiger partial charge in [-0.3, -0.25) is 4.79 Å². The predicted molar refractivity (Wildman–Crippen MR) is 81.1 cm³/mol. The molecule has 2 aromatic carbocycles. The average Bonchev–Trinajstić information content (AvgIpc) is 2.55. The number of anilines is 1. The minimum atomic E-state index is -0.737. The van der Waals surface area contributed by atoms with E-state index in [0.717, 1.165) is 5.56 Å². The van der Waals surface area contributed by atoms with Crippen molar-refractivity contribution in [3.8, 4) is 11.5 Å². The van der Waals surface area contributed by atoms with E-state index in [1.54, 1.807) is 18.2 Å². The zero-order valence-corrected chi connectivity index (χ0v) is 12.0. The molecular formula is C16H14ClNO3. The molecule has 0 bridgehead atoms. The molecule has 1 aliphatic rings. The van der Waals surface area contributed by atoms with Gasteiger partial charge in [0.25, 0.3) is 0 Å². The number of fused-ring (bicyclic) bond motifs is 1. The maximum atomic E-state index is 12.2. The molecule has 5 heteroatoms. The molecular weight excluding hydrogens is 290 g/mol. The van der Waals surface area contributed by atoms with Crippen LogP contribution in [0.5, 0.6) is 11.5 Å². The second-order valence-corrected chi connectivity index (χ2v) is 5.06. The molecule has 2 aromatic rings. The Bertz CT molecular complexity index is 645. The van der Waals surface area contributed by atoms with Gasteiger partial charge in [-0.2, -0.15) is 0 Å². The van der Waals surface area contributed by atoms with Crippen molar-refractivity contribution >= 4 is 23.2 Å². The van der Waals surface area contributed by atoms with Gasteiger partial charge in [-0.05, 0) is 17.7 Å². The van der Waals surface area contributed by atoms with Crippen LogP contribution in [0.3, 0.4) is 0 Å². The molecule has 4 nitrogen and oxygen atoms in total. The Kier molecular flexibility index (Phi) is 3.97. The van der Waals surface area contributed by atoms with Gasteiger partial charge in [-0.15, -0.1) is 11.6 Å². The third-order valence-electron chi connectivity index (χ3n) is 3.13. The molecule has 108 valence electrons. The molecule has 0 aromatic heterocycles. The predicted octanol–water partition coefficient (Wildman–Crippen LogP) is 3.38. The average molecular weight is 304 g/mol. The second kappa shape index (κ2) is 6.06. The SMILES string of the molecule is O=C(Nc1ccc2c(c1)OCCO2)C(Cl)c1ccccc1. The standard InChI is InChI=1S/C16H14ClNO3/c17-15(11-4-2-1-3-5-11)16(19)18-12-6-7-13-14(10-12)21-9-8-20-13/h1-7,10,15H,8-9H2,(H,18,19). The lowest BCUT2D eigenvalue weighted by molar-refractivity contribution is -0.116. The molecule has 1 atom stereocenters. The zero-order chi connectivity index (χ0) is 14.7. The number of hydrogen-bond acceptors (Lipinski definition) is 3. The molecule has 1 amide bonds. The van der Waals surface area contributed by atoms with Gasteiger partial charge in [0, 0.05) is 11.8 Å². The number of halogens is 1. The molecule has 0 spiro atoms. The number of benzene rings is 2. The smallest absolute Gasteiger partial charge is 0.246 e. The number of ether oxygens (including phenoxy) is 2. The summed E-state index contributed by atoms with van der Waals surface area (Å²) in [4.78, 5) is 12.2. The largest absolute Gasteiger partial charge is 0.486 e. The summed E-state index contributed by atoms with van der Waals surface area (Å²) < 4.78 is 10.9. The van der Waals surface area contributed by atoms with Crippen molar-refractivity contribution in [3.63, 3.8) is 0 Å². The maximum absolute atomic E-state index is 12.2. The summed E-state index contributed by atoms with van der Waals surface area (Å²) >= 11 is 6.18. The van der Waals surface area contributed by atoms with Gasteiger partial charge in [0.05, 0.1) is 0 Å². The maximum Gasteiger partial charge on any atom is 0.246 e. The lowest BCUT2D eigenvalue weighted by Gasteiger charge is -2.19. The minimum absolute atomic E-state index is 0.278. The Morgan fingerprint density at radius 1 is 1.05 bits per heavy atom. The number of hydrogen-bond donors (Lipinski definition) is 1. The number of alkyl halides is 1. The highest BCUT2D eigenvalue weighted by molar-refractivity contribution is 6.32. The van der Waals surface area contributed by atoms with E-state index in [0.29, 0.717) is 30.4 Å². The van der Waals surface area contributed by atoms with Gasteiger partial charge in [-0.1, -0.05) is 30.3 Å². The van der Waals surface area contributed by atoms with E-state index >= 15 is 0 Å². The zero-order valence-electron chi connectivity index (χ0n) is 11.2. The fourth-order valence-corrected chi connectivity index (χ4v) is 2.30. The molecule has 0 aliphatic carbocycles. The molecule has 1 N–H and O–H groups in total. The van der Waals surface area contributed by atoms with E-state index in [-0.39, 0.29) is 5.91 Å². The first-order valence-electron chi connectivity index (χ1n) is 6.63. The highest BCUT2D eigenvalue weighted by Crippen LogP contribution is 2.33. The topological polar surface area (TPSA) is 47.6 Å². The van der Waals surface area contributed by atoms with Gasteiger partial charge >= 0.3 is 0 Å². The fourth-order valence-electron chi connectivity index (χ4n) is 2.10. The van der Waals surface area contributed by atoms with E-state index in [4.69, 9.17) is 21.1 Å². The first-order chi connectivity index (χ1) is 10.2. The van der Waals surface area contributed by atoms with E-state index in [1.165, 1.54) is 0 Å². The monoisotopic (exact) mass is 303 g/mol. The lowest BCUT2D eigenvalue weighted by atomic mass is 10.1. The second-order valence-electron chi connectivity index (χ2n) is 4.62. The minimum Gasteiger partial charge on any atom is -0.486 e. The number of nitrogens with one attached hydrogen (secondary N) is 1. The van der Waals surface area contributed by atoms with Crippen LogP contribution in [0.15, 0.2) is 48.5 Å². The van der Waals surface area contributed by atoms with Crippen LogP contribution in [-0.4, -0.2) is 19.1 Å². The number of carbonyl (C=O) groups excluding carboxylic acids is 1. The third-order valence-corrected chi connectivity index (χ3v) is 3.58. The van der Waals surface area contributed by atoms with Crippen molar-refractivity contribution in [1.82, 2.24) is 0 Å². The van der Waals surface area contributed by atoms with Crippen molar-refractivity contribution in [2.24, 2.45) is 0 Å². The van der Waals surface area contributed by atoms with Crippen LogP contribution in [0.4, 0.5) is 5.69 Å². The van der Waals surface area contributed by atoms with Crippen molar-refractivity contribution in [3.05, 3.63) is 54.1 Å². The molecule has 3 rings (SSSR count). The Balaban J connectivity index is 1.73. The highest BCUT2D eigenvalue weighted by atomic mass is 35.5. The van der Waals surface area contributed by atoms with Crippen molar-refractivity contribution < 1.29 is 14.3 Å². The van der Waals surface area contributed by atoms with Crippen molar-refractivity contribution in [1.29, 1.82) is 0 Å². The summed E-state index contributed by atoms with van der Waals surface area (Å²) in [6.07, 6.45) is 0. The van der Waals surface area contributed by atoms with Crippen LogP contribution in [0, 0.1) is 0 Å². The van der Waals surface area contributed by atoms with Crippen LogP contribution < -0.4 is 14.8 Å². The molecule has 0 saturated carbocycles. The fraction of sp³-hybridized carbons (Fsp3) is 0.188. The molecule has 21 heavy (non-hydrogen) atoms. The quantitative estimate of drug-likeness (QED) is 0.884. The molecule has 1 aliphatic heterocycles. The first kappa shape index (κ1) is 13.8. The summed E-state index contributed by atoms with van der Waals surface area (Å²) in [5.41, 5.74) is 1.39. The van der Waals surface area contributed by atoms with Gasteiger partial charge in [0.2, 0.25) is 5.91 Å². The molecule has 1 heterocycles. The Hall–Kier alpha value is -2.20. The third kappa shape index (κ3) is 3.11. The summed E-state index contributed by atoms with van der Waals surface area (Å²) in [5, 5.41) is 2.05. The molecule has 0 saturated heterocycles. The Labute approximate surface area is 127 Å². The molecule has 0 radical (unpaired) electrons. The summed E-state index contributed by atoms with van der Waals surface area (Å²) in [7, 11) is 0. The number of rotatable bonds is 3. The Morgan fingerprint density at radius 3 is 2.52 bits per heavy atom. The van der Waals surface area contributed by atoms with Crippen molar-refractivity contribution in [2.75, 3.05) is 18.5 Å². The van der Waals surface area contributed by atoms with E-state index in [1.807, 2.05) is 30.3 Å². The lowest BCUT2D eigenvalue weighted by Crippen LogP contribution is -2.18. The van der Waals surface area contributed by atoms with E-state index < -0.39 is 5.38 Å². The van der Waals surface area contributed by atoms with Crippen LogP contribution in [0.2, 0.25) is 0 Å². The summed E-state index contributed by atoms with van der Waals surface area (Å²) in [6, 6.07) is 14.5. The molecule has 1 unspecified atom stereocenters. The van der Waals surface area contributed by atoms with Crippen molar-refractivity contribution in [2.45, 2.75) is 5.38 Å². The number of carbonyl (C=O) groups is 1. The normalized spacial score (nSPS) is 14.3. The number of amides is 1. The molecule has 0 fully saturated rings. The van der Waals surface area contributed by atoms with E-state index in [2.05, 4.69) is 5.32 Å².